The van der Waals surface area contributed by atoms with Gasteiger partial charge in [-0.3, -0.25) is 9.52 Å². The van der Waals surface area contributed by atoms with Crippen LogP contribution in [0.5, 0.6) is 5.75 Å². The lowest BCUT2D eigenvalue weighted by Gasteiger charge is -2.35. The molecule has 4 rings (SSSR count). The Morgan fingerprint density at radius 2 is 1.62 bits per heavy atom. The summed E-state index contributed by atoms with van der Waals surface area (Å²) in [7, 11) is 5.78. The van der Waals surface area contributed by atoms with E-state index >= 15 is 0 Å². The molecular formula is C32H43N5O4S. The van der Waals surface area contributed by atoms with Crippen molar-refractivity contribution in [2.75, 3.05) is 84.2 Å². The van der Waals surface area contributed by atoms with E-state index in [9.17, 15) is 13.2 Å². The number of hydrogen-bond acceptors (Lipinski definition) is 7. The minimum Gasteiger partial charge on any atom is -0.495 e. The van der Waals surface area contributed by atoms with E-state index < -0.39 is 10.0 Å². The molecule has 3 aromatic rings. The molecule has 1 aliphatic rings. The van der Waals surface area contributed by atoms with Crippen molar-refractivity contribution in [1.82, 2.24) is 14.7 Å². The van der Waals surface area contributed by atoms with Crippen molar-refractivity contribution in [1.29, 1.82) is 0 Å². The van der Waals surface area contributed by atoms with Crippen LogP contribution in [0, 0.1) is 6.92 Å². The number of anilines is 2. The average Bonchev–Trinajstić information content (AvgIpc) is 2.96. The van der Waals surface area contributed by atoms with E-state index in [-0.39, 0.29) is 10.8 Å². The van der Waals surface area contributed by atoms with Crippen molar-refractivity contribution in [3.8, 4) is 16.9 Å². The molecule has 0 aromatic heterocycles. The summed E-state index contributed by atoms with van der Waals surface area (Å²) in [4.78, 5) is 21.4. The standard InChI is InChI=1S/C32H43N5O4S/c1-24-22-26(32(38)36(5)17-7-16-34(2)3)10-14-29(24)25-8-12-28(13-9-25)42(39,40)33-27-11-15-31(41-6)30(23-27)37-20-18-35(4)19-21-37/h8-15,22-23,33H,7,16-21H2,1-6H3. The van der Waals surface area contributed by atoms with Crippen molar-refractivity contribution in [3.63, 3.8) is 0 Å². The van der Waals surface area contributed by atoms with E-state index in [4.69, 9.17) is 4.74 Å². The first kappa shape index (κ1) is 31.3. The Balaban J connectivity index is 1.47. The molecule has 1 N–H and O–H groups in total. The highest BCUT2D eigenvalue weighted by molar-refractivity contribution is 7.92. The summed E-state index contributed by atoms with van der Waals surface area (Å²) in [6.45, 7) is 7.12. The van der Waals surface area contributed by atoms with Gasteiger partial charge < -0.3 is 24.3 Å². The maximum absolute atomic E-state index is 13.3. The summed E-state index contributed by atoms with van der Waals surface area (Å²) < 4.78 is 34.9. The summed E-state index contributed by atoms with van der Waals surface area (Å²) in [5.41, 5.74) is 4.78. The topological polar surface area (TPSA) is 85.4 Å². The molecule has 0 unspecified atom stereocenters. The van der Waals surface area contributed by atoms with Gasteiger partial charge in [0, 0.05) is 45.3 Å². The summed E-state index contributed by atoms with van der Waals surface area (Å²) in [6.07, 6.45) is 0.909. The van der Waals surface area contributed by atoms with Gasteiger partial charge in [0.2, 0.25) is 0 Å². The molecule has 10 heteroatoms. The zero-order valence-electron chi connectivity index (χ0n) is 25.6. The van der Waals surface area contributed by atoms with Crippen LogP contribution in [-0.2, 0) is 10.0 Å². The van der Waals surface area contributed by atoms with Crippen LogP contribution >= 0.6 is 0 Å². The molecule has 1 fully saturated rings. The first-order valence-electron chi connectivity index (χ1n) is 14.2. The summed E-state index contributed by atoms with van der Waals surface area (Å²) in [5.74, 6) is 0.705. The van der Waals surface area contributed by atoms with Crippen LogP contribution in [0.2, 0.25) is 0 Å². The molecule has 0 bridgehead atoms. The van der Waals surface area contributed by atoms with Crippen molar-refractivity contribution in [3.05, 3.63) is 71.8 Å². The van der Waals surface area contributed by atoms with E-state index in [1.807, 2.05) is 52.3 Å². The number of nitrogens with one attached hydrogen (secondary N) is 1. The number of benzene rings is 3. The summed E-state index contributed by atoms with van der Waals surface area (Å²) in [6, 6.07) is 17.8. The normalized spacial score (nSPS) is 14.2. The minimum atomic E-state index is -3.81. The van der Waals surface area contributed by atoms with Crippen LogP contribution in [0.3, 0.4) is 0 Å². The second-order valence-electron chi connectivity index (χ2n) is 11.2. The zero-order chi connectivity index (χ0) is 30.4. The first-order chi connectivity index (χ1) is 20.0. The van der Waals surface area contributed by atoms with E-state index in [0.717, 1.165) is 61.5 Å². The second kappa shape index (κ2) is 13.6. The Kier molecular flexibility index (Phi) is 10.1. The van der Waals surface area contributed by atoms with Gasteiger partial charge in [-0.15, -0.1) is 0 Å². The fourth-order valence-corrected chi connectivity index (χ4v) is 6.19. The van der Waals surface area contributed by atoms with E-state index in [1.165, 1.54) is 0 Å². The van der Waals surface area contributed by atoms with Gasteiger partial charge in [0.05, 0.1) is 23.4 Å². The van der Waals surface area contributed by atoms with Gasteiger partial charge in [0.15, 0.2) is 0 Å². The third-order valence-electron chi connectivity index (χ3n) is 7.67. The average molecular weight is 594 g/mol. The number of aryl methyl sites for hydroxylation is 1. The van der Waals surface area contributed by atoms with Gasteiger partial charge in [-0.05, 0) is 100 Å². The zero-order valence-corrected chi connectivity index (χ0v) is 26.4. The Morgan fingerprint density at radius 3 is 2.24 bits per heavy atom. The molecule has 1 amide bonds. The van der Waals surface area contributed by atoms with Gasteiger partial charge in [0.25, 0.3) is 15.9 Å². The molecule has 3 aromatic carbocycles. The Labute approximate surface area is 250 Å². The van der Waals surface area contributed by atoms with Crippen LogP contribution in [0.4, 0.5) is 11.4 Å². The number of ether oxygens (including phenoxy) is 1. The number of amides is 1. The fourth-order valence-electron chi connectivity index (χ4n) is 5.14. The number of sulfonamides is 1. The third kappa shape index (κ3) is 7.61. The number of methoxy groups -OCH3 is 1. The number of hydrogen-bond donors (Lipinski definition) is 1. The SMILES string of the molecule is COc1ccc(NS(=O)(=O)c2ccc(-c3ccc(C(=O)N(C)CCCN(C)C)cc3C)cc2)cc1N1CCN(C)CC1. The van der Waals surface area contributed by atoms with Crippen LogP contribution in [0.15, 0.2) is 65.6 Å². The van der Waals surface area contributed by atoms with Crippen LogP contribution < -0.4 is 14.4 Å². The molecule has 0 atom stereocenters. The van der Waals surface area contributed by atoms with Crippen molar-refractivity contribution in [2.24, 2.45) is 0 Å². The molecule has 0 radical (unpaired) electrons. The Bertz CT molecular complexity index is 1480. The highest BCUT2D eigenvalue weighted by atomic mass is 32.2. The number of carbonyl (C=O) groups excluding carboxylic acids is 1. The van der Waals surface area contributed by atoms with Crippen LogP contribution in [-0.4, -0.2) is 104 Å². The van der Waals surface area contributed by atoms with Gasteiger partial charge in [-0.2, -0.15) is 0 Å². The molecule has 1 heterocycles. The van der Waals surface area contributed by atoms with Crippen LogP contribution in [0.1, 0.15) is 22.3 Å². The maximum atomic E-state index is 13.3. The molecule has 1 saturated heterocycles. The van der Waals surface area contributed by atoms with E-state index in [2.05, 4.69) is 26.5 Å². The van der Waals surface area contributed by atoms with Crippen molar-refractivity contribution < 1.29 is 17.9 Å². The molecule has 0 aliphatic carbocycles. The molecule has 0 spiro atoms. The number of nitrogens with zero attached hydrogens (tertiary/aromatic N) is 4. The third-order valence-corrected chi connectivity index (χ3v) is 9.07. The summed E-state index contributed by atoms with van der Waals surface area (Å²) >= 11 is 0. The maximum Gasteiger partial charge on any atom is 0.261 e. The van der Waals surface area contributed by atoms with E-state index in [0.29, 0.717) is 23.5 Å². The van der Waals surface area contributed by atoms with E-state index in [1.54, 1.807) is 48.4 Å². The lowest BCUT2D eigenvalue weighted by atomic mass is 9.98. The molecule has 42 heavy (non-hydrogen) atoms. The van der Waals surface area contributed by atoms with Gasteiger partial charge in [-0.25, -0.2) is 8.42 Å². The summed E-state index contributed by atoms with van der Waals surface area (Å²) in [5, 5.41) is 0. The molecule has 0 saturated carbocycles. The molecule has 226 valence electrons. The lowest BCUT2D eigenvalue weighted by Crippen LogP contribution is -2.44. The highest BCUT2D eigenvalue weighted by Crippen LogP contribution is 2.33. The predicted octanol–water partition coefficient (Wildman–Crippen LogP) is 4.25. The smallest absolute Gasteiger partial charge is 0.261 e. The monoisotopic (exact) mass is 593 g/mol. The van der Waals surface area contributed by atoms with Gasteiger partial charge in [-0.1, -0.05) is 18.2 Å². The largest absolute Gasteiger partial charge is 0.495 e. The van der Waals surface area contributed by atoms with Crippen LogP contribution in [0.25, 0.3) is 11.1 Å². The van der Waals surface area contributed by atoms with Gasteiger partial charge >= 0.3 is 0 Å². The second-order valence-corrected chi connectivity index (χ2v) is 12.9. The van der Waals surface area contributed by atoms with Crippen molar-refractivity contribution in [2.45, 2.75) is 18.2 Å². The molecular weight excluding hydrogens is 550 g/mol. The molecule has 1 aliphatic heterocycles. The fraction of sp³-hybridized carbons (Fsp3) is 0.406. The van der Waals surface area contributed by atoms with Gasteiger partial charge in [0.1, 0.15) is 5.75 Å². The lowest BCUT2D eigenvalue weighted by molar-refractivity contribution is 0.0790. The molecule has 9 nitrogen and oxygen atoms in total. The first-order valence-corrected chi connectivity index (χ1v) is 15.7. The number of rotatable bonds is 11. The number of carbonyl (C=O) groups is 1. The predicted molar refractivity (Wildman–Crippen MR) is 170 cm³/mol. The Morgan fingerprint density at radius 1 is 0.929 bits per heavy atom. The quantitative estimate of drug-likeness (QED) is 0.356. The Hall–Kier alpha value is -3.60. The highest BCUT2D eigenvalue weighted by Gasteiger charge is 2.21. The number of likely N-dealkylation sites (N-methyl/N-ethyl adjacent to an activating group) is 1. The van der Waals surface area contributed by atoms with Crippen molar-refractivity contribution >= 4 is 27.3 Å². The minimum absolute atomic E-state index is 0.00904. The number of piperazine rings is 1.